The molecule has 1 aliphatic heterocycles. The van der Waals surface area contributed by atoms with Crippen LogP contribution in [0.2, 0.25) is 0 Å². The van der Waals surface area contributed by atoms with E-state index in [1.165, 1.54) is 5.56 Å². The van der Waals surface area contributed by atoms with Crippen molar-refractivity contribution in [2.24, 2.45) is 0 Å². The molecule has 0 aliphatic carbocycles. The number of fused-ring (bicyclic) bond motifs is 1. The van der Waals surface area contributed by atoms with Gasteiger partial charge in [0, 0.05) is 6.42 Å². The summed E-state index contributed by atoms with van der Waals surface area (Å²) in [5.41, 5.74) is 2.32. The molecular weight excluding hydrogens is 326 g/mol. The van der Waals surface area contributed by atoms with Crippen LogP contribution in [-0.4, -0.2) is 65.8 Å². The van der Waals surface area contributed by atoms with Crippen LogP contribution in [0.3, 0.4) is 0 Å². The van der Waals surface area contributed by atoms with E-state index in [1.54, 1.807) is 21.3 Å². The normalized spacial score (nSPS) is 13.2. The van der Waals surface area contributed by atoms with E-state index in [4.69, 9.17) is 14.2 Å². The number of methoxy groups -OCH3 is 3. The van der Waals surface area contributed by atoms with Crippen molar-refractivity contribution in [2.75, 3.05) is 42.0 Å². The van der Waals surface area contributed by atoms with E-state index in [1.807, 2.05) is 6.07 Å². The standard InChI is InChI=1S/C13H18NO3.CH4O4S/c1-14-6-5-9-7-11(15-2)13(17-4)12(16-3)10(9)8-14;1-5-6(2,3)4/h7-8H,5-6H2,1-4H3;1H3,(H,2,3,4)/q+1;/p-1. The Labute approximate surface area is 136 Å². The average Bonchev–Trinajstić information content (AvgIpc) is 2.52. The molecule has 1 aromatic rings. The molecule has 23 heavy (non-hydrogen) atoms. The van der Waals surface area contributed by atoms with Crippen molar-refractivity contribution in [1.82, 2.24) is 0 Å². The molecule has 0 amide bonds. The minimum Gasteiger partial charge on any atom is -0.726 e. The molecule has 0 saturated carbocycles. The maximum Gasteiger partial charge on any atom is 0.217 e. The van der Waals surface area contributed by atoms with E-state index in [0.29, 0.717) is 5.75 Å². The van der Waals surface area contributed by atoms with Crippen LogP contribution in [0.15, 0.2) is 6.07 Å². The molecule has 1 aromatic carbocycles. The summed E-state index contributed by atoms with van der Waals surface area (Å²) in [7, 11) is 3.37. The monoisotopic (exact) mass is 347 g/mol. The zero-order valence-corrected chi connectivity index (χ0v) is 14.6. The summed E-state index contributed by atoms with van der Waals surface area (Å²) in [4.78, 5) is 0. The molecule has 130 valence electrons. The van der Waals surface area contributed by atoms with E-state index in [2.05, 4.69) is 22.0 Å². The third-order valence-electron chi connectivity index (χ3n) is 3.24. The van der Waals surface area contributed by atoms with Crippen LogP contribution in [0.25, 0.3) is 0 Å². The Morgan fingerprint density at radius 1 is 1.09 bits per heavy atom. The van der Waals surface area contributed by atoms with E-state index < -0.39 is 10.4 Å². The number of rotatable bonds is 4. The Morgan fingerprint density at radius 2 is 1.65 bits per heavy atom. The van der Waals surface area contributed by atoms with E-state index in [-0.39, 0.29) is 0 Å². The highest BCUT2D eigenvalue weighted by atomic mass is 32.3. The topological polar surface area (TPSA) is 97.1 Å². The van der Waals surface area contributed by atoms with E-state index >= 15 is 0 Å². The summed E-state index contributed by atoms with van der Waals surface area (Å²) in [6.07, 6.45) is 3.07. The second-order valence-electron chi connectivity index (χ2n) is 4.65. The van der Waals surface area contributed by atoms with Gasteiger partial charge in [0.25, 0.3) is 0 Å². The number of ether oxygens (including phenoxy) is 3. The Hall–Kier alpha value is -1.84. The van der Waals surface area contributed by atoms with Gasteiger partial charge in [-0.15, -0.1) is 0 Å². The highest BCUT2D eigenvalue weighted by molar-refractivity contribution is 7.80. The molecule has 0 spiro atoms. The van der Waals surface area contributed by atoms with Gasteiger partial charge in [-0.1, -0.05) is 0 Å². The molecule has 2 rings (SSSR count). The van der Waals surface area contributed by atoms with Gasteiger partial charge in [0.1, 0.15) is 13.6 Å². The molecule has 0 aromatic heterocycles. The molecule has 8 nitrogen and oxygen atoms in total. The average molecular weight is 347 g/mol. The SMILES string of the molecule is COS(=O)(=O)[O-].COc1cc2c(c(OC)c1OC)C=[N+](C)CC2. The molecule has 0 fully saturated rings. The first-order valence-electron chi connectivity index (χ1n) is 6.65. The third-order valence-corrected chi connectivity index (χ3v) is 3.65. The van der Waals surface area contributed by atoms with Crippen LogP contribution in [0, 0.1) is 0 Å². The van der Waals surface area contributed by atoms with Crippen molar-refractivity contribution in [3.8, 4) is 17.2 Å². The van der Waals surface area contributed by atoms with E-state index in [9.17, 15) is 13.0 Å². The predicted octanol–water partition coefficient (Wildman–Crippen LogP) is 0.423. The zero-order chi connectivity index (χ0) is 17.6. The summed E-state index contributed by atoms with van der Waals surface area (Å²) in [5.74, 6) is 2.12. The van der Waals surface area contributed by atoms with Crippen molar-refractivity contribution in [2.45, 2.75) is 6.42 Å². The van der Waals surface area contributed by atoms with Crippen LogP contribution in [-0.2, 0) is 21.0 Å². The van der Waals surface area contributed by atoms with Gasteiger partial charge in [-0.2, -0.15) is 0 Å². The minimum atomic E-state index is -4.41. The largest absolute Gasteiger partial charge is 0.726 e. The van der Waals surface area contributed by atoms with Crippen molar-refractivity contribution < 1.29 is 35.9 Å². The molecule has 1 heterocycles. The quantitative estimate of drug-likeness (QED) is 0.442. The molecule has 0 atom stereocenters. The van der Waals surface area contributed by atoms with Gasteiger partial charge < -0.3 is 18.8 Å². The number of benzene rings is 1. The second-order valence-corrected chi connectivity index (χ2v) is 5.80. The lowest BCUT2D eigenvalue weighted by Crippen LogP contribution is -2.19. The second kappa shape index (κ2) is 8.14. The smallest absolute Gasteiger partial charge is 0.217 e. The molecule has 0 bridgehead atoms. The van der Waals surface area contributed by atoms with Gasteiger partial charge in [0.15, 0.2) is 17.7 Å². The van der Waals surface area contributed by atoms with E-state index in [0.717, 1.165) is 37.1 Å². The predicted molar refractivity (Wildman–Crippen MR) is 82.7 cm³/mol. The highest BCUT2D eigenvalue weighted by Gasteiger charge is 2.24. The summed E-state index contributed by atoms with van der Waals surface area (Å²) in [6.45, 7) is 1.01. The molecule has 1 aliphatic rings. The summed E-state index contributed by atoms with van der Waals surface area (Å²) < 4.78 is 49.3. The highest BCUT2D eigenvalue weighted by Crippen LogP contribution is 2.41. The lowest BCUT2D eigenvalue weighted by molar-refractivity contribution is -0.493. The lowest BCUT2D eigenvalue weighted by atomic mass is 10.00. The van der Waals surface area contributed by atoms with Crippen LogP contribution < -0.4 is 14.2 Å². The number of likely N-dealkylation sites (N-methyl/N-ethyl adjacent to an activating group) is 1. The first kappa shape index (κ1) is 19.2. The fraction of sp³-hybridized carbons (Fsp3) is 0.500. The Morgan fingerprint density at radius 3 is 2.09 bits per heavy atom. The Kier molecular flexibility index (Phi) is 6.79. The van der Waals surface area contributed by atoms with Gasteiger partial charge in [-0.25, -0.2) is 13.0 Å². The fourth-order valence-corrected chi connectivity index (χ4v) is 2.16. The van der Waals surface area contributed by atoms with Crippen LogP contribution >= 0.6 is 0 Å². The number of hydrogen-bond donors (Lipinski definition) is 0. The van der Waals surface area contributed by atoms with Crippen LogP contribution in [0.1, 0.15) is 11.1 Å². The molecular formula is C14H21NO7S. The number of hydrogen-bond acceptors (Lipinski definition) is 7. The first-order chi connectivity index (χ1) is 10.8. The molecule has 0 N–H and O–H groups in total. The van der Waals surface area contributed by atoms with Gasteiger partial charge in [0.05, 0.1) is 34.0 Å². The first-order valence-corrected chi connectivity index (χ1v) is 7.99. The van der Waals surface area contributed by atoms with Crippen LogP contribution in [0.4, 0.5) is 0 Å². The zero-order valence-electron chi connectivity index (χ0n) is 13.8. The van der Waals surface area contributed by atoms with Crippen molar-refractivity contribution in [3.05, 3.63) is 17.2 Å². The summed E-state index contributed by atoms with van der Waals surface area (Å²) >= 11 is 0. The third kappa shape index (κ3) is 5.08. The summed E-state index contributed by atoms with van der Waals surface area (Å²) in [6, 6.07) is 2.03. The molecule has 9 heteroatoms. The number of nitrogens with zero attached hydrogens (tertiary/aromatic N) is 1. The van der Waals surface area contributed by atoms with Crippen molar-refractivity contribution in [1.29, 1.82) is 0 Å². The molecule has 0 unspecified atom stereocenters. The van der Waals surface area contributed by atoms with Gasteiger partial charge in [0.2, 0.25) is 16.1 Å². The van der Waals surface area contributed by atoms with Crippen molar-refractivity contribution >= 4 is 16.6 Å². The molecule has 0 radical (unpaired) electrons. The Bertz CT molecular complexity index is 683. The minimum absolute atomic E-state index is 0.653. The maximum absolute atomic E-state index is 9.22. The fourth-order valence-electron chi connectivity index (χ4n) is 2.16. The molecule has 0 saturated heterocycles. The van der Waals surface area contributed by atoms with Gasteiger partial charge >= 0.3 is 0 Å². The lowest BCUT2D eigenvalue weighted by Gasteiger charge is -2.18. The van der Waals surface area contributed by atoms with Gasteiger partial charge in [-0.05, 0) is 11.6 Å². The van der Waals surface area contributed by atoms with Crippen LogP contribution in [0.5, 0.6) is 17.2 Å². The van der Waals surface area contributed by atoms with Gasteiger partial charge in [-0.3, -0.25) is 4.18 Å². The van der Waals surface area contributed by atoms with Crippen molar-refractivity contribution in [3.63, 3.8) is 0 Å². The summed E-state index contributed by atoms with van der Waals surface area (Å²) in [5, 5.41) is 0. The maximum atomic E-state index is 9.22. The Balaban J connectivity index is 0.000000379.